The maximum absolute atomic E-state index is 13.0. The number of amides is 3. The lowest BCUT2D eigenvalue weighted by Gasteiger charge is -2.15. The summed E-state index contributed by atoms with van der Waals surface area (Å²) in [6.45, 7) is 6.16. The van der Waals surface area contributed by atoms with Gasteiger partial charge in [0.1, 0.15) is 13.2 Å². The van der Waals surface area contributed by atoms with Crippen LogP contribution in [-0.4, -0.2) is 35.1 Å². The van der Waals surface area contributed by atoms with E-state index in [2.05, 4.69) is 27.9 Å². The average Bonchev–Trinajstić information content (AvgIpc) is 3.13. The van der Waals surface area contributed by atoms with Crippen LogP contribution in [0.4, 0.5) is 10.5 Å². The monoisotopic (exact) mass is 642 g/mol. The Labute approximate surface area is 239 Å². The molecule has 38 heavy (non-hydrogen) atoms. The fourth-order valence-electron chi connectivity index (χ4n) is 3.80. The number of hydrogen-bond acceptors (Lipinski definition) is 6. The maximum atomic E-state index is 13.0. The van der Waals surface area contributed by atoms with Crippen molar-refractivity contribution in [2.45, 2.75) is 27.4 Å². The molecule has 1 aliphatic rings. The Morgan fingerprint density at radius 1 is 1.05 bits per heavy atom. The molecule has 0 saturated carbocycles. The molecule has 3 aromatic carbocycles. The van der Waals surface area contributed by atoms with Crippen LogP contribution in [0, 0.1) is 17.4 Å². The van der Waals surface area contributed by atoms with Gasteiger partial charge in [-0.15, -0.1) is 0 Å². The third-order valence-electron chi connectivity index (χ3n) is 5.70. The van der Waals surface area contributed by atoms with Gasteiger partial charge in [-0.25, -0.2) is 0 Å². The van der Waals surface area contributed by atoms with Gasteiger partial charge in [-0.2, -0.15) is 0 Å². The van der Waals surface area contributed by atoms with Crippen molar-refractivity contribution in [1.82, 2.24) is 4.90 Å². The number of anilines is 1. The van der Waals surface area contributed by atoms with Crippen LogP contribution in [0.3, 0.4) is 0 Å². The first-order chi connectivity index (χ1) is 18.2. The van der Waals surface area contributed by atoms with Gasteiger partial charge in [0.2, 0.25) is 5.91 Å². The van der Waals surface area contributed by atoms with E-state index >= 15 is 0 Å². The number of benzene rings is 3. The van der Waals surface area contributed by atoms with E-state index in [9.17, 15) is 14.4 Å². The number of hydrogen-bond donors (Lipinski definition) is 1. The topological polar surface area (TPSA) is 84.9 Å². The Morgan fingerprint density at radius 3 is 2.55 bits per heavy atom. The Balaban J connectivity index is 1.49. The van der Waals surface area contributed by atoms with E-state index in [1.165, 1.54) is 0 Å². The molecule has 3 aromatic rings. The quantitative estimate of drug-likeness (QED) is 0.210. The van der Waals surface area contributed by atoms with E-state index in [4.69, 9.17) is 9.47 Å². The Hall–Kier alpha value is -3.31. The third kappa shape index (κ3) is 6.76. The van der Waals surface area contributed by atoms with Crippen LogP contribution in [0.5, 0.6) is 11.5 Å². The summed E-state index contributed by atoms with van der Waals surface area (Å²) in [4.78, 5) is 39.5. The Bertz CT molecular complexity index is 1410. The lowest BCUT2D eigenvalue weighted by Crippen LogP contribution is -2.36. The number of carbonyl (C=O) groups excluding carboxylic acids is 3. The predicted octanol–water partition coefficient (Wildman–Crippen LogP) is 6.56. The van der Waals surface area contributed by atoms with E-state index in [0.717, 1.165) is 36.9 Å². The van der Waals surface area contributed by atoms with Crippen molar-refractivity contribution in [3.05, 3.63) is 91.4 Å². The lowest BCUT2D eigenvalue weighted by molar-refractivity contribution is -0.127. The minimum absolute atomic E-state index is 0.241. The molecule has 0 spiro atoms. The van der Waals surface area contributed by atoms with E-state index in [0.29, 0.717) is 36.0 Å². The summed E-state index contributed by atoms with van der Waals surface area (Å²) in [5.74, 6) is 0.224. The van der Waals surface area contributed by atoms with Gasteiger partial charge in [0.25, 0.3) is 11.1 Å². The van der Waals surface area contributed by atoms with Crippen molar-refractivity contribution in [3.63, 3.8) is 0 Å². The number of nitrogens with zero attached hydrogens (tertiary/aromatic N) is 1. The smallest absolute Gasteiger partial charge is 0.294 e. The highest BCUT2D eigenvalue weighted by Crippen LogP contribution is 2.38. The van der Waals surface area contributed by atoms with Gasteiger partial charge < -0.3 is 14.8 Å². The fourth-order valence-corrected chi connectivity index (χ4v) is 5.41. The maximum Gasteiger partial charge on any atom is 0.294 e. The first kappa shape index (κ1) is 27.7. The highest BCUT2D eigenvalue weighted by Gasteiger charge is 2.36. The summed E-state index contributed by atoms with van der Waals surface area (Å²) in [6, 6.07) is 19.2. The molecular formula is C29H27IN2O5S. The van der Waals surface area contributed by atoms with Crippen LogP contribution in [0.1, 0.15) is 29.2 Å². The average molecular weight is 643 g/mol. The molecule has 1 heterocycles. The number of imide groups is 1. The molecule has 0 aliphatic carbocycles. The Morgan fingerprint density at radius 2 is 1.82 bits per heavy atom. The van der Waals surface area contributed by atoms with Gasteiger partial charge in [0, 0.05) is 5.69 Å². The summed E-state index contributed by atoms with van der Waals surface area (Å²) in [6.07, 6.45) is 1.64. The number of nitrogens with one attached hydrogen (secondary N) is 1. The van der Waals surface area contributed by atoms with Crippen LogP contribution in [0.15, 0.2) is 65.6 Å². The van der Waals surface area contributed by atoms with Gasteiger partial charge in [-0.3, -0.25) is 19.3 Å². The van der Waals surface area contributed by atoms with Gasteiger partial charge in [-0.1, -0.05) is 42.5 Å². The highest BCUT2D eigenvalue weighted by atomic mass is 127. The molecule has 0 aromatic heterocycles. The zero-order chi connectivity index (χ0) is 27.2. The van der Waals surface area contributed by atoms with E-state index in [-0.39, 0.29) is 11.4 Å². The van der Waals surface area contributed by atoms with Crippen molar-refractivity contribution in [3.8, 4) is 11.5 Å². The molecule has 9 heteroatoms. The molecule has 1 fully saturated rings. The van der Waals surface area contributed by atoms with Gasteiger partial charge in [0.05, 0.1) is 15.1 Å². The van der Waals surface area contributed by atoms with Crippen LogP contribution in [0.2, 0.25) is 0 Å². The number of halogens is 1. The molecule has 1 N–H and O–H groups in total. The minimum Gasteiger partial charge on any atom is -0.490 e. The predicted molar refractivity (Wildman–Crippen MR) is 158 cm³/mol. The number of thioether (sulfide) groups is 1. The van der Waals surface area contributed by atoms with E-state index < -0.39 is 17.1 Å². The molecule has 1 aliphatic heterocycles. The van der Waals surface area contributed by atoms with Crippen molar-refractivity contribution in [1.29, 1.82) is 0 Å². The number of aryl methyl sites for hydroxylation is 2. The molecule has 4 rings (SSSR count). The van der Waals surface area contributed by atoms with Crippen LogP contribution in [0.25, 0.3) is 6.08 Å². The lowest BCUT2D eigenvalue weighted by atomic mass is 10.1. The van der Waals surface area contributed by atoms with Crippen molar-refractivity contribution >= 4 is 63.2 Å². The zero-order valence-electron chi connectivity index (χ0n) is 21.2. The summed E-state index contributed by atoms with van der Waals surface area (Å²) in [5, 5.41) is 2.31. The van der Waals surface area contributed by atoms with Crippen molar-refractivity contribution < 1.29 is 23.9 Å². The molecule has 3 amide bonds. The van der Waals surface area contributed by atoms with Crippen LogP contribution in [-0.2, 0) is 16.2 Å². The highest BCUT2D eigenvalue weighted by molar-refractivity contribution is 14.1. The van der Waals surface area contributed by atoms with Crippen LogP contribution < -0.4 is 14.8 Å². The third-order valence-corrected chi connectivity index (χ3v) is 7.41. The SMILES string of the molecule is CCOc1cc(/C=C2/SC(=O)N(CC(=O)Nc3cc(C)ccc3C)C2=O)cc(I)c1OCc1ccccc1. The second-order valence-electron chi connectivity index (χ2n) is 8.67. The van der Waals surface area contributed by atoms with Crippen LogP contribution >= 0.6 is 34.4 Å². The summed E-state index contributed by atoms with van der Waals surface area (Å²) >= 11 is 2.98. The summed E-state index contributed by atoms with van der Waals surface area (Å²) < 4.78 is 12.7. The molecule has 0 unspecified atom stereocenters. The van der Waals surface area contributed by atoms with Crippen molar-refractivity contribution in [2.24, 2.45) is 0 Å². The first-order valence-corrected chi connectivity index (χ1v) is 13.9. The molecule has 7 nitrogen and oxygen atoms in total. The minimum atomic E-state index is -0.506. The normalized spacial score (nSPS) is 14.2. The van der Waals surface area contributed by atoms with Gasteiger partial charge >= 0.3 is 0 Å². The zero-order valence-corrected chi connectivity index (χ0v) is 24.2. The molecule has 1 saturated heterocycles. The largest absolute Gasteiger partial charge is 0.490 e. The Kier molecular flexibility index (Phi) is 9.11. The second kappa shape index (κ2) is 12.5. The number of carbonyl (C=O) groups is 3. The fraction of sp³-hybridized carbons (Fsp3) is 0.207. The van der Waals surface area contributed by atoms with E-state index in [1.807, 2.05) is 75.4 Å². The second-order valence-corrected chi connectivity index (χ2v) is 10.8. The molecular weight excluding hydrogens is 615 g/mol. The molecule has 0 radical (unpaired) electrons. The summed E-state index contributed by atoms with van der Waals surface area (Å²) in [5.41, 5.74) is 4.27. The number of rotatable bonds is 9. The van der Waals surface area contributed by atoms with Gasteiger partial charge in [0.15, 0.2) is 11.5 Å². The standard InChI is InChI=1S/C29H27IN2O5S/c1-4-36-24-14-21(13-22(30)27(24)37-17-20-8-6-5-7-9-20)15-25-28(34)32(29(35)38-25)16-26(33)31-23-12-18(2)10-11-19(23)3/h5-15H,4,16-17H2,1-3H3,(H,31,33)/b25-15+. The van der Waals surface area contributed by atoms with Crippen molar-refractivity contribution in [2.75, 3.05) is 18.5 Å². The number of ether oxygens (including phenoxy) is 2. The molecule has 0 atom stereocenters. The van der Waals surface area contributed by atoms with E-state index in [1.54, 1.807) is 12.1 Å². The first-order valence-electron chi connectivity index (χ1n) is 12.0. The van der Waals surface area contributed by atoms with Gasteiger partial charge in [-0.05, 0) is 102 Å². The summed E-state index contributed by atoms with van der Waals surface area (Å²) in [7, 11) is 0. The molecule has 196 valence electrons. The molecule has 0 bridgehead atoms.